The Bertz CT molecular complexity index is 1140. The largest absolute Gasteiger partial charge is 0.293 e. The van der Waals surface area contributed by atoms with Gasteiger partial charge in [0.05, 0.1) is 0 Å². The third kappa shape index (κ3) is 4.10. The van der Waals surface area contributed by atoms with Gasteiger partial charge in [-0.15, -0.1) is 5.10 Å². The van der Waals surface area contributed by atoms with Gasteiger partial charge in [-0.05, 0) is 30.7 Å². The van der Waals surface area contributed by atoms with Gasteiger partial charge in [-0.25, -0.2) is 15.0 Å². The van der Waals surface area contributed by atoms with Crippen molar-refractivity contribution in [1.82, 2.24) is 28.7 Å². The summed E-state index contributed by atoms with van der Waals surface area (Å²) in [5.74, 6) is 1.51. The van der Waals surface area contributed by atoms with E-state index in [1.807, 2.05) is 36.6 Å². The van der Waals surface area contributed by atoms with Crippen LogP contribution < -0.4 is 5.56 Å². The third-order valence-corrected chi connectivity index (χ3v) is 5.61. The summed E-state index contributed by atoms with van der Waals surface area (Å²) < 4.78 is 3.48. The average Bonchev–Trinajstić information content (AvgIpc) is 3.21. The average molecular weight is 411 g/mol. The van der Waals surface area contributed by atoms with Crippen LogP contribution in [-0.2, 0) is 6.54 Å². The first kappa shape index (κ1) is 18.7. The molecule has 0 atom stereocenters. The second kappa shape index (κ2) is 8.57. The van der Waals surface area contributed by atoms with E-state index >= 15 is 0 Å². The van der Waals surface area contributed by atoms with Crippen LogP contribution in [0.5, 0.6) is 0 Å². The van der Waals surface area contributed by atoms with Crippen LogP contribution in [0.15, 0.2) is 64.9 Å². The highest BCUT2D eigenvalue weighted by Crippen LogP contribution is 2.17. The van der Waals surface area contributed by atoms with Gasteiger partial charge in [0, 0.05) is 35.5 Å². The van der Waals surface area contributed by atoms with E-state index in [0.29, 0.717) is 23.2 Å². The molecule has 0 bridgehead atoms. The van der Waals surface area contributed by atoms with Gasteiger partial charge < -0.3 is 0 Å². The van der Waals surface area contributed by atoms with E-state index in [2.05, 4.69) is 20.1 Å². The lowest BCUT2D eigenvalue weighted by Gasteiger charge is -2.09. The van der Waals surface area contributed by atoms with Crippen LogP contribution in [0, 0.1) is 0 Å². The minimum atomic E-state index is -0.0460. The molecule has 0 aliphatic rings. The highest BCUT2D eigenvalue weighted by Gasteiger charge is 2.08. The molecule has 7 nitrogen and oxygen atoms in total. The highest BCUT2D eigenvalue weighted by atomic mass is 32.2. The molecule has 4 rings (SSSR count). The van der Waals surface area contributed by atoms with E-state index in [1.165, 1.54) is 11.8 Å². The fourth-order valence-electron chi connectivity index (χ4n) is 2.78. The minimum absolute atomic E-state index is 0.0460. The van der Waals surface area contributed by atoms with Crippen LogP contribution in [0.25, 0.3) is 22.4 Å². The zero-order chi connectivity index (χ0) is 19.3. The summed E-state index contributed by atoms with van der Waals surface area (Å²) >= 11 is 3.03. The van der Waals surface area contributed by atoms with Crippen molar-refractivity contribution in [1.29, 1.82) is 0 Å². The molecule has 0 radical (unpaired) electrons. The van der Waals surface area contributed by atoms with Crippen molar-refractivity contribution in [2.24, 2.45) is 0 Å². The molecule has 0 saturated carbocycles. The molecule has 0 aliphatic heterocycles. The van der Waals surface area contributed by atoms with Crippen molar-refractivity contribution in [3.63, 3.8) is 0 Å². The topological polar surface area (TPSA) is 78.5 Å². The Morgan fingerprint density at radius 2 is 1.93 bits per heavy atom. The Hall–Kier alpha value is -2.65. The zero-order valence-corrected chi connectivity index (χ0v) is 16.9. The Kier molecular flexibility index (Phi) is 5.73. The van der Waals surface area contributed by atoms with E-state index in [-0.39, 0.29) is 5.56 Å². The maximum absolute atomic E-state index is 12.3. The lowest BCUT2D eigenvalue weighted by atomic mass is 10.2. The number of rotatable bonds is 7. The summed E-state index contributed by atoms with van der Waals surface area (Å²) in [6, 6.07) is 13.2. The summed E-state index contributed by atoms with van der Waals surface area (Å²) in [6.07, 6.45) is 6.21. The van der Waals surface area contributed by atoms with Crippen molar-refractivity contribution >= 4 is 34.7 Å². The minimum Gasteiger partial charge on any atom is -0.293 e. The van der Waals surface area contributed by atoms with Gasteiger partial charge in [-0.3, -0.25) is 9.36 Å². The zero-order valence-electron chi connectivity index (χ0n) is 15.2. The van der Waals surface area contributed by atoms with Crippen molar-refractivity contribution < 1.29 is 0 Å². The normalized spacial score (nSPS) is 11.2. The van der Waals surface area contributed by atoms with Gasteiger partial charge in [0.1, 0.15) is 12.0 Å². The molecule has 0 amide bonds. The summed E-state index contributed by atoms with van der Waals surface area (Å²) in [5.41, 5.74) is 1.63. The molecular formula is C19H18N6OS2. The number of hydrogen-bond acceptors (Lipinski definition) is 7. The molecule has 3 heterocycles. The number of pyridine rings is 1. The first-order valence-corrected chi connectivity index (χ1v) is 10.9. The lowest BCUT2D eigenvalue weighted by Crippen LogP contribution is -2.20. The predicted molar refractivity (Wildman–Crippen MR) is 114 cm³/mol. The van der Waals surface area contributed by atoms with E-state index in [4.69, 9.17) is 0 Å². The van der Waals surface area contributed by atoms with Crippen LogP contribution in [0.1, 0.15) is 6.42 Å². The monoisotopic (exact) mass is 410 g/mol. The van der Waals surface area contributed by atoms with Crippen molar-refractivity contribution in [2.45, 2.75) is 18.1 Å². The molecule has 142 valence electrons. The number of thioether (sulfide) groups is 1. The van der Waals surface area contributed by atoms with Crippen molar-refractivity contribution in [3.8, 4) is 11.4 Å². The number of aromatic nitrogens is 6. The number of aryl methyl sites for hydroxylation is 1. The SMILES string of the molecule is CSc1ncc2ccc(=O)n(CCCSn3cnc(-c4ccccc4)n3)c2n1. The summed E-state index contributed by atoms with van der Waals surface area (Å²) in [5, 5.41) is 6.03. The van der Waals surface area contributed by atoms with E-state index in [1.54, 1.807) is 45.3 Å². The number of hydrogen-bond donors (Lipinski definition) is 0. The van der Waals surface area contributed by atoms with E-state index in [9.17, 15) is 4.79 Å². The molecule has 0 aliphatic carbocycles. The second-order valence-electron chi connectivity index (χ2n) is 5.98. The van der Waals surface area contributed by atoms with Gasteiger partial charge in [0.2, 0.25) is 0 Å². The van der Waals surface area contributed by atoms with Gasteiger partial charge in [0.25, 0.3) is 5.56 Å². The number of nitrogens with zero attached hydrogens (tertiary/aromatic N) is 6. The summed E-state index contributed by atoms with van der Waals surface area (Å²) in [6.45, 7) is 0.592. The van der Waals surface area contributed by atoms with Crippen LogP contribution >= 0.6 is 23.7 Å². The molecule has 0 N–H and O–H groups in total. The van der Waals surface area contributed by atoms with Gasteiger partial charge in [-0.1, -0.05) is 42.1 Å². The van der Waals surface area contributed by atoms with Gasteiger partial charge in [0.15, 0.2) is 11.0 Å². The lowest BCUT2D eigenvalue weighted by molar-refractivity contribution is 0.671. The number of fused-ring (bicyclic) bond motifs is 1. The van der Waals surface area contributed by atoms with Crippen LogP contribution in [0.4, 0.5) is 0 Å². The van der Waals surface area contributed by atoms with Gasteiger partial charge >= 0.3 is 0 Å². The first-order chi connectivity index (χ1) is 13.7. The summed E-state index contributed by atoms with van der Waals surface area (Å²) in [4.78, 5) is 25.5. The summed E-state index contributed by atoms with van der Waals surface area (Å²) in [7, 11) is 0. The standard InChI is InChI=1S/C19H18N6OS2/c1-27-19-20-12-15-8-9-16(26)24(18(15)22-19)10-5-11-28-25-13-21-17(23-25)14-6-3-2-4-7-14/h2-4,6-9,12-13H,5,10-11H2,1H3. The molecular weight excluding hydrogens is 392 g/mol. The first-order valence-electron chi connectivity index (χ1n) is 8.75. The maximum Gasteiger partial charge on any atom is 0.252 e. The Balaban J connectivity index is 1.41. The van der Waals surface area contributed by atoms with Crippen molar-refractivity contribution in [2.75, 3.05) is 12.0 Å². The molecule has 0 saturated heterocycles. The predicted octanol–water partition coefficient (Wildman–Crippen LogP) is 3.36. The molecule has 0 unspecified atom stereocenters. The van der Waals surface area contributed by atoms with Crippen LogP contribution in [-0.4, -0.2) is 40.7 Å². The Labute approximate surface area is 170 Å². The van der Waals surface area contributed by atoms with E-state index < -0.39 is 0 Å². The highest BCUT2D eigenvalue weighted by molar-refractivity contribution is 7.98. The molecule has 9 heteroatoms. The molecule has 0 fully saturated rings. The fraction of sp³-hybridized carbons (Fsp3) is 0.211. The van der Waals surface area contributed by atoms with Crippen LogP contribution in [0.2, 0.25) is 0 Å². The molecule has 3 aromatic heterocycles. The Morgan fingerprint density at radius 1 is 1.07 bits per heavy atom. The van der Waals surface area contributed by atoms with Gasteiger partial charge in [-0.2, -0.15) is 4.09 Å². The van der Waals surface area contributed by atoms with Crippen molar-refractivity contribution in [3.05, 3.63) is 65.3 Å². The smallest absolute Gasteiger partial charge is 0.252 e. The molecule has 1 aromatic carbocycles. The maximum atomic E-state index is 12.3. The quantitative estimate of drug-likeness (QED) is 0.263. The Morgan fingerprint density at radius 3 is 2.75 bits per heavy atom. The fourth-order valence-corrected chi connectivity index (χ4v) is 3.81. The molecule has 4 aromatic rings. The number of benzene rings is 1. The molecule has 0 spiro atoms. The van der Waals surface area contributed by atoms with E-state index in [0.717, 1.165) is 23.1 Å². The second-order valence-corrected chi connectivity index (χ2v) is 7.80. The van der Waals surface area contributed by atoms with Crippen LogP contribution in [0.3, 0.4) is 0 Å². The third-order valence-electron chi connectivity index (χ3n) is 4.14. The molecule has 28 heavy (non-hydrogen) atoms.